The molecule has 0 amide bonds. The molecule has 2 atom stereocenters. The maximum Gasteiger partial charge on any atom is 0.304 e. The topological polar surface area (TPSA) is 79.5 Å². The van der Waals surface area contributed by atoms with Crippen LogP contribution in [0.3, 0.4) is 0 Å². The molecule has 5 nitrogen and oxygen atoms in total. The molecule has 0 saturated heterocycles. The van der Waals surface area contributed by atoms with Crippen LogP contribution in [0.5, 0.6) is 11.5 Å². The molecule has 2 aliphatic rings. The van der Waals surface area contributed by atoms with E-state index in [1.807, 2.05) is 32.0 Å². The van der Waals surface area contributed by atoms with Crippen LogP contribution >= 0.6 is 0 Å². The van der Waals surface area contributed by atoms with Crippen molar-refractivity contribution in [3.63, 3.8) is 0 Å². The van der Waals surface area contributed by atoms with Gasteiger partial charge in [0.05, 0.1) is 24.7 Å². The van der Waals surface area contributed by atoms with Crippen LogP contribution in [0.4, 0.5) is 4.39 Å². The lowest BCUT2D eigenvalue weighted by atomic mass is 9.90. The van der Waals surface area contributed by atoms with Crippen LogP contribution < -0.4 is 9.47 Å². The Bertz CT molecular complexity index is 1260. The van der Waals surface area contributed by atoms with Gasteiger partial charge in [0.25, 0.3) is 0 Å². The number of hydrogen-bond donors (Lipinski definition) is 1. The Morgan fingerprint density at radius 2 is 2.00 bits per heavy atom. The van der Waals surface area contributed by atoms with Gasteiger partial charge in [-0.05, 0) is 79.6 Å². The molecule has 0 fully saturated rings. The number of benzene rings is 2. The average Bonchev–Trinajstić information content (AvgIpc) is 3.22. The van der Waals surface area contributed by atoms with Gasteiger partial charge in [0.15, 0.2) is 0 Å². The van der Waals surface area contributed by atoms with Crippen molar-refractivity contribution in [2.45, 2.75) is 51.6 Å². The zero-order valence-corrected chi connectivity index (χ0v) is 19.9. The monoisotopic (exact) mass is 473 g/mol. The van der Waals surface area contributed by atoms with Crippen molar-refractivity contribution in [1.82, 2.24) is 0 Å². The van der Waals surface area contributed by atoms with E-state index in [0.29, 0.717) is 30.1 Å². The van der Waals surface area contributed by atoms with E-state index in [4.69, 9.17) is 14.6 Å². The normalized spacial score (nSPS) is 22.7. The molecule has 2 aromatic carbocycles. The predicted octanol–water partition coefficient (Wildman–Crippen LogP) is 6.55. The highest BCUT2D eigenvalue weighted by molar-refractivity contribution is 5.73. The van der Waals surface area contributed by atoms with Crippen molar-refractivity contribution in [3.05, 3.63) is 88.3 Å². The maximum atomic E-state index is 15.1. The van der Waals surface area contributed by atoms with E-state index in [0.717, 1.165) is 40.7 Å². The Labute approximate surface area is 204 Å². The lowest BCUT2D eigenvalue weighted by Crippen LogP contribution is -2.19. The van der Waals surface area contributed by atoms with E-state index < -0.39 is 17.9 Å². The van der Waals surface area contributed by atoms with Crippen LogP contribution in [-0.2, 0) is 4.79 Å². The quantitative estimate of drug-likeness (QED) is 0.533. The summed E-state index contributed by atoms with van der Waals surface area (Å²) < 4.78 is 26.9. The van der Waals surface area contributed by atoms with Crippen LogP contribution in [0.1, 0.15) is 59.4 Å². The predicted molar refractivity (Wildman–Crippen MR) is 132 cm³/mol. The first kappa shape index (κ1) is 24.3. The number of carboxylic acids is 1. The molecule has 6 heteroatoms. The molecular formula is C29H28FNO4. The first-order valence-corrected chi connectivity index (χ1v) is 11.7. The Hall–Kier alpha value is -3.85. The van der Waals surface area contributed by atoms with Gasteiger partial charge in [-0.1, -0.05) is 18.7 Å². The fraction of sp³-hybridized carbons (Fsp3) is 0.310. The van der Waals surface area contributed by atoms with Crippen LogP contribution in [-0.4, -0.2) is 23.8 Å². The van der Waals surface area contributed by atoms with E-state index in [9.17, 15) is 10.1 Å². The molecule has 1 N–H and O–H groups in total. The van der Waals surface area contributed by atoms with Crippen molar-refractivity contribution >= 4 is 11.5 Å². The first-order valence-electron chi connectivity index (χ1n) is 11.7. The maximum absolute atomic E-state index is 15.1. The molecule has 0 aromatic heterocycles. The van der Waals surface area contributed by atoms with Crippen LogP contribution in [0.2, 0.25) is 0 Å². The molecule has 1 heterocycles. The second kappa shape index (κ2) is 10.2. The number of carbonyl (C=O) groups is 1. The van der Waals surface area contributed by atoms with E-state index in [2.05, 4.69) is 12.6 Å². The third-order valence-electron chi connectivity index (χ3n) is 6.59. The highest BCUT2D eigenvalue weighted by atomic mass is 19.1. The van der Waals surface area contributed by atoms with Crippen LogP contribution in [0.25, 0.3) is 5.57 Å². The van der Waals surface area contributed by atoms with Gasteiger partial charge in [0, 0.05) is 23.1 Å². The number of nitriles is 1. The van der Waals surface area contributed by atoms with Crippen molar-refractivity contribution in [2.75, 3.05) is 6.61 Å². The molecule has 2 aromatic rings. The summed E-state index contributed by atoms with van der Waals surface area (Å²) in [6.45, 7) is 8.22. The van der Waals surface area contributed by atoms with Gasteiger partial charge in [-0.3, -0.25) is 4.79 Å². The number of halogens is 1. The second-order valence-corrected chi connectivity index (χ2v) is 9.13. The highest BCUT2D eigenvalue weighted by Gasteiger charge is 2.27. The van der Waals surface area contributed by atoms with E-state index >= 15 is 4.39 Å². The molecule has 0 saturated carbocycles. The number of aryl methyl sites for hydroxylation is 2. The average molecular weight is 474 g/mol. The van der Waals surface area contributed by atoms with Gasteiger partial charge in [0.1, 0.15) is 23.4 Å². The Kier molecular flexibility index (Phi) is 7.07. The van der Waals surface area contributed by atoms with Gasteiger partial charge in [-0.2, -0.15) is 5.26 Å². The second-order valence-electron chi connectivity index (χ2n) is 9.13. The Morgan fingerprint density at radius 1 is 1.26 bits per heavy atom. The number of allylic oxidation sites excluding steroid dienone is 3. The van der Waals surface area contributed by atoms with Crippen molar-refractivity contribution in [1.29, 1.82) is 5.26 Å². The number of nitrogens with zero attached hydrogens (tertiary/aromatic N) is 1. The lowest BCUT2D eigenvalue weighted by molar-refractivity contribution is -0.137. The van der Waals surface area contributed by atoms with E-state index in [1.165, 1.54) is 6.08 Å². The minimum absolute atomic E-state index is 0.0101. The smallest absolute Gasteiger partial charge is 0.304 e. The standard InChI is InChI=1S/C29H28FNO4/c1-17-11-20(15-31)12-18(2)29(17)21-5-4-6-26(19(3)25(30)10-7-21)35-23-8-9-24-22(13-28(32)33)16-34-27(24)14-23/h7-12,14,22,26H,3-6,13,16H2,1-2H3,(H,32,33)/b21-7+,25-10+/t22-,26-/m1/s1. The minimum atomic E-state index is -0.865. The first-order chi connectivity index (χ1) is 16.8. The summed E-state index contributed by atoms with van der Waals surface area (Å²) in [4.78, 5) is 11.1. The van der Waals surface area contributed by atoms with Gasteiger partial charge in [-0.15, -0.1) is 0 Å². The molecule has 0 bridgehead atoms. The van der Waals surface area contributed by atoms with Gasteiger partial charge < -0.3 is 14.6 Å². The van der Waals surface area contributed by atoms with Crippen molar-refractivity contribution < 1.29 is 23.8 Å². The van der Waals surface area contributed by atoms with E-state index in [-0.39, 0.29) is 17.9 Å². The van der Waals surface area contributed by atoms with Crippen molar-refractivity contribution in [2.24, 2.45) is 0 Å². The molecule has 180 valence electrons. The summed E-state index contributed by atoms with van der Waals surface area (Å²) >= 11 is 0. The minimum Gasteiger partial charge on any atom is -0.492 e. The summed E-state index contributed by atoms with van der Waals surface area (Å²) in [5, 5.41) is 18.3. The molecule has 1 aliphatic carbocycles. The number of aliphatic carboxylic acids is 1. The number of rotatable bonds is 5. The SMILES string of the molecule is C=C1/C(F)=C\C=C(\c2c(C)cc(C#N)cc2C)CCC[C@H]1Oc1ccc2c(c1)OC[C@H]2CC(=O)O. The largest absolute Gasteiger partial charge is 0.492 e. The molecule has 35 heavy (non-hydrogen) atoms. The summed E-state index contributed by atoms with van der Waals surface area (Å²) in [6, 6.07) is 11.2. The third kappa shape index (κ3) is 5.30. The summed E-state index contributed by atoms with van der Waals surface area (Å²) in [7, 11) is 0. The van der Waals surface area contributed by atoms with Gasteiger partial charge >= 0.3 is 5.97 Å². The molecule has 0 radical (unpaired) electrons. The van der Waals surface area contributed by atoms with E-state index in [1.54, 1.807) is 18.2 Å². The number of ether oxygens (including phenoxy) is 2. The zero-order chi connectivity index (χ0) is 25.1. The summed E-state index contributed by atoms with van der Waals surface area (Å²) in [5.74, 6) is -0.345. The zero-order valence-electron chi connectivity index (χ0n) is 19.9. The van der Waals surface area contributed by atoms with Gasteiger partial charge in [-0.25, -0.2) is 4.39 Å². The summed E-state index contributed by atoms with van der Waals surface area (Å²) in [6.07, 6.45) is 4.78. The fourth-order valence-electron chi connectivity index (χ4n) is 4.92. The third-order valence-corrected chi connectivity index (χ3v) is 6.59. The van der Waals surface area contributed by atoms with Crippen molar-refractivity contribution in [3.8, 4) is 17.6 Å². The number of hydrogen-bond acceptors (Lipinski definition) is 4. The molecule has 0 unspecified atom stereocenters. The Morgan fingerprint density at radius 3 is 2.69 bits per heavy atom. The fourth-order valence-corrected chi connectivity index (χ4v) is 4.92. The number of fused-ring (bicyclic) bond motifs is 1. The lowest BCUT2D eigenvalue weighted by Gasteiger charge is -2.21. The van der Waals surface area contributed by atoms with Gasteiger partial charge in [0.2, 0.25) is 0 Å². The molecule has 0 spiro atoms. The highest BCUT2D eigenvalue weighted by Crippen LogP contribution is 2.39. The summed E-state index contributed by atoms with van der Waals surface area (Å²) in [5.41, 5.74) is 5.79. The molecule has 1 aliphatic heterocycles. The number of carboxylic acid groups (broad SMARTS) is 1. The van der Waals surface area contributed by atoms with Crippen LogP contribution in [0, 0.1) is 25.2 Å². The van der Waals surface area contributed by atoms with Crippen LogP contribution in [0.15, 0.2) is 60.5 Å². The molecular weight excluding hydrogens is 445 g/mol. The molecule has 4 rings (SSSR count). The Balaban J connectivity index is 1.52.